The second-order valence-electron chi connectivity index (χ2n) is 2.52. The lowest BCUT2D eigenvalue weighted by molar-refractivity contribution is 0.810. The second kappa shape index (κ2) is 3.89. The van der Waals surface area contributed by atoms with Crippen molar-refractivity contribution in [1.82, 2.24) is 24.7 Å². The number of nitrogens with zero attached hydrogens (tertiary/aromatic N) is 4. The van der Waals surface area contributed by atoms with Crippen molar-refractivity contribution in [1.29, 1.82) is 0 Å². The number of aromatic amines is 1. The largest absolute Gasteiger partial charge is 0.366 e. The molecule has 78 valence electrons. The van der Waals surface area contributed by atoms with Gasteiger partial charge >= 0.3 is 0 Å². The van der Waals surface area contributed by atoms with E-state index < -0.39 is 0 Å². The first-order chi connectivity index (χ1) is 7.09. The first kappa shape index (κ1) is 10.5. The quantitative estimate of drug-likeness (QED) is 0.690. The van der Waals surface area contributed by atoms with Crippen LogP contribution < -0.4 is 11.3 Å². The monoisotopic (exact) mass is 382 g/mol. The standard InChI is InChI=1S/C6H4BrIN6O/c7-5-12-6(9)13-14(5)3-2(8)4(15)11-1-10-3/h1H,(H2,9,13)(H,10,11,15). The van der Waals surface area contributed by atoms with Gasteiger partial charge in [0.25, 0.3) is 5.56 Å². The number of aromatic nitrogens is 5. The molecule has 0 unspecified atom stereocenters. The van der Waals surface area contributed by atoms with Crippen LogP contribution in [0.3, 0.4) is 0 Å². The number of nitrogens with one attached hydrogen (secondary N) is 1. The summed E-state index contributed by atoms with van der Waals surface area (Å²) in [6, 6.07) is 0. The number of H-pyrrole nitrogens is 1. The molecule has 0 aliphatic rings. The Balaban J connectivity index is 2.69. The predicted octanol–water partition coefficient (Wildman–Crippen LogP) is 0.300. The number of hydrogen-bond acceptors (Lipinski definition) is 5. The third-order valence-corrected chi connectivity index (χ3v) is 3.05. The number of anilines is 1. The van der Waals surface area contributed by atoms with E-state index in [0.717, 1.165) is 0 Å². The Labute approximate surface area is 105 Å². The Bertz CT molecular complexity index is 563. The zero-order valence-electron chi connectivity index (χ0n) is 7.11. The summed E-state index contributed by atoms with van der Waals surface area (Å²) >= 11 is 5.04. The van der Waals surface area contributed by atoms with Gasteiger partial charge in [0.15, 0.2) is 5.82 Å². The maximum atomic E-state index is 11.3. The molecule has 0 aliphatic carbocycles. The lowest BCUT2D eigenvalue weighted by atomic mass is 10.6. The number of hydrogen-bond donors (Lipinski definition) is 2. The van der Waals surface area contributed by atoms with Crippen LogP contribution in [0.1, 0.15) is 0 Å². The zero-order valence-corrected chi connectivity index (χ0v) is 10.9. The maximum Gasteiger partial charge on any atom is 0.266 e. The minimum Gasteiger partial charge on any atom is -0.366 e. The van der Waals surface area contributed by atoms with Crippen molar-refractivity contribution in [3.63, 3.8) is 0 Å². The van der Waals surface area contributed by atoms with Gasteiger partial charge in [-0.05, 0) is 38.5 Å². The first-order valence-electron chi connectivity index (χ1n) is 3.71. The minimum atomic E-state index is -0.235. The molecule has 0 bridgehead atoms. The molecule has 2 rings (SSSR count). The molecule has 15 heavy (non-hydrogen) atoms. The van der Waals surface area contributed by atoms with Crippen LogP contribution in [0.2, 0.25) is 0 Å². The van der Waals surface area contributed by atoms with Crippen LogP contribution in [0.4, 0.5) is 5.95 Å². The molecule has 2 aromatic rings. The fourth-order valence-corrected chi connectivity index (χ4v) is 1.92. The molecule has 0 spiro atoms. The fraction of sp³-hybridized carbons (Fsp3) is 0. The summed E-state index contributed by atoms with van der Waals surface area (Å²) in [4.78, 5) is 21.6. The van der Waals surface area contributed by atoms with Crippen LogP contribution in [0, 0.1) is 3.57 Å². The number of nitrogens with two attached hydrogens (primary N) is 1. The van der Waals surface area contributed by atoms with Gasteiger partial charge < -0.3 is 10.7 Å². The van der Waals surface area contributed by atoms with Crippen LogP contribution in [0.25, 0.3) is 5.82 Å². The van der Waals surface area contributed by atoms with Crippen molar-refractivity contribution in [2.24, 2.45) is 0 Å². The highest BCUT2D eigenvalue weighted by atomic mass is 127. The van der Waals surface area contributed by atoms with E-state index in [1.54, 1.807) is 0 Å². The molecule has 0 aliphatic heterocycles. The maximum absolute atomic E-state index is 11.3. The van der Waals surface area contributed by atoms with Gasteiger partial charge in [-0.2, -0.15) is 9.67 Å². The summed E-state index contributed by atoms with van der Waals surface area (Å²) in [7, 11) is 0. The first-order valence-corrected chi connectivity index (χ1v) is 5.58. The van der Waals surface area contributed by atoms with Crippen LogP contribution in [0.5, 0.6) is 0 Å². The molecule has 0 saturated carbocycles. The van der Waals surface area contributed by atoms with Crippen LogP contribution in [-0.2, 0) is 0 Å². The van der Waals surface area contributed by atoms with Gasteiger partial charge in [-0.1, -0.05) is 0 Å². The summed E-state index contributed by atoms with van der Waals surface area (Å²) < 4.78 is 2.17. The molecule has 2 heterocycles. The summed E-state index contributed by atoms with van der Waals surface area (Å²) in [6.45, 7) is 0. The Hall–Kier alpha value is -0.970. The highest BCUT2D eigenvalue weighted by molar-refractivity contribution is 14.1. The average Bonchev–Trinajstić information content (AvgIpc) is 2.50. The Morgan fingerprint density at radius 1 is 1.60 bits per heavy atom. The summed E-state index contributed by atoms with van der Waals surface area (Å²) in [5.74, 6) is 0.496. The summed E-state index contributed by atoms with van der Waals surface area (Å²) in [5, 5.41) is 3.90. The van der Waals surface area contributed by atoms with Crippen molar-refractivity contribution in [2.75, 3.05) is 5.73 Å². The third kappa shape index (κ3) is 1.88. The lowest BCUT2D eigenvalue weighted by Crippen LogP contribution is -2.16. The topological polar surface area (TPSA) is 102 Å². The molecule has 0 amide bonds. The molecule has 0 atom stereocenters. The van der Waals surface area contributed by atoms with Crippen molar-refractivity contribution in [3.05, 3.63) is 25.0 Å². The molecule has 3 N–H and O–H groups in total. The minimum absolute atomic E-state index is 0.111. The fourth-order valence-electron chi connectivity index (χ4n) is 0.964. The van der Waals surface area contributed by atoms with Gasteiger partial charge in [-0.25, -0.2) is 4.98 Å². The molecule has 0 aromatic carbocycles. The van der Waals surface area contributed by atoms with E-state index in [1.165, 1.54) is 11.0 Å². The molecule has 9 heteroatoms. The van der Waals surface area contributed by atoms with Crippen LogP contribution in [0.15, 0.2) is 15.9 Å². The molecule has 0 fully saturated rings. The smallest absolute Gasteiger partial charge is 0.266 e. The van der Waals surface area contributed by atoms with Gasteiger partial charge in [-0.15, -0.1) is 5.10 Å². The van der Waals surface area contributed by atoms with Gasteiger partial charge in [0.05, 0.1) is 6.33 Å². The number of halogens is 2. The van der Waals surface area contributed by atoms with Crippen molar-refractivity contribution in [2.45, 2.75) is 0 Å². The second-order valence-corrected chi connectivity index (χ2v) is 4.31. The molecule has 0 saturated heterocycles. The van der Waals surface area contributed by atoms with Gasteiger partial charge in [0.2, 0.25) is 10.7 Å². The summed E-state index contributed by atoms with van der Waals surface area (Å²) in [6.07, 6.45) is 1.30. The van der Waals surface area contributed by atoms with Gasteiger partial charge in [0.1, 0.15) is 3.57 Å². The normalized spacial score (nSPS) is 10.5. The zero-order chi connectivity index (χ0) is 11.0. The molecule has 7 nitrogen and oxygen atoms in total. The van der Waals surface area contributed by atoms with Gasteiger partial charge in [0, 0.05) is 0 Å². The average molecular weight is 383 g/mol. The molecular formula is C6H4BrIN6O. The van der Waals surface area contributed by atoms with Crippen LogP contribution in [-0.4, -0.2) is 24.7 Å². The van der Waals surface area contributed by atoms with E-state index in [9.17, 15) is 4.79 Å². The van der Waals surface area contributed by atoms with E-state index in [4.69, 9.17) is 5.73 Å². The number of nitrogen functional groups attached to an aromatic ring is 1. The van der Waals surface area contributed by atoms with Crippen LogP contribution >= 0.6 is 38.5 Å². The van der Waals surface area contributed by atoms with E-state index in [1.807, 2.05) is 22.6 Å². The van der Waals surface area contributed by atoms with Crippen molar-refractivity contribution < 1.29 is 0 Å². The van der Waals surface area contributed by atoms with E-state index in [2.05, 4.69) is 36.0 Å². The highest BCUT2D eigenvalue weighted by Gasteiger charge is 2.13. The molecular weight excluding hydrogens is 379 g/mol. The van der Waals surface area contributed by atoms with Gasteiger partial charge in [-0.3, -0.25) is 4.79 Å². The summed E-state index contributed by atoms with van der Waals surface area (Å²) in [5.41, 5.74) is 5.18. The predicted molar refractivity (Wildman–Crippen MR) is 64.6 cm³/mol. The number of rotatable bonds is 1. The Morgan fingerprint density at radius 3 is 2.93 bits per heavy atom. The molecule has 0 radical (unpaired) electrons. The lowest BCUT2D eigenvalue weighted by Gasteiger charge is -2.01. The van der Waals surface area contributed by atoms with E-state index in [0.29, 0.717) is 14.1 Å². The van der Waals surface area contributed by atoms with E-state index >= 15 is 0 Å². The molecule has 2 aromatic heterocycles. The Morgan fingerprint density at radius 2 is 2.33 bits per heavy atom. The van der Waals surface area contributed by atoms with E-state index in [-0.39, 0.29) is 11.5 Å². The SMILES string of the molecule is Nc1nc(Br)n(-c2nc[nH]c(=O)c2I)n1. The third-order valence-electron chi connectivity index (χ3n) is 1.56. The van der Waals surface area contributed by atoms with Crippen molar-refractivity contribution >= 4 is 44.5 Å². The van der Waals surface area contributed by atoms with Crippen molar-refractivity contribution in [3.8, 4) is 5.82 Å². The highest BCUT2D eigenvalue weighted by Crippen LogP contribution is 2.15. The Kier molecular flexibility index (Phi) is 2.73.